The van der Waals surface area contributed by atoms with Gasteiger partial charge >= 0.3 is 0 Å². The second-order valence-electron chi connectivity index (χ2n) is 5.06. The second-order valence-corrected chi connectivity index (χ2v) is 5.42. The highest BCUT2D eigenvalue weighted by atomic mass is 35.5. The average molecular weight is 287 g/mol. The highest BCUT2D eigenvalue weighted by molar-refractivity contribution is 6.33. The van der Waals surface area contributed by atoms with Gasteiger partial charge in [0.1, 0.15) is 5.15 Å². The maximum absolute atomic E-state index is 12.2. The lowest BCUT2D eigenvalue weighted by Gasteiger charge is -2.11. The smallest absolute Gasteiger partial charge is 0.256 e. The summed E-state index contributed by atoms with van der Waals surface area (Å²) in [5.74, 6) is 0.0146. The molecule has 1 aromatic heterocycles. The molecule has 1 rings (SSSR count). The van der Waals surface area contributed by atoms with Gasteiger partial charge in [-0.05, 0) is 26.3 Å². The van der Waals surface area contributed by atoms with Gasteiger partial charge in [-0.15, -0.1) is 0 Å². The van der Waals surface area contributed by atoms with Gasteiger partial charge in [0.2, 0.25) is 0 Å². The minimum absolute atomic E-state index is 0.148. The van der Waals surface area contributed by atoms with Crippen LogP contribution in [0.3, 0.4) is 0 Å². The number of nitrogens with one attached hydrogen (secondary N) is 2. The summed E-state index contributed by atoms with van der Waals surface area (Å²) in [4.78, 5) is 12.2. The Labute approximate surface area is 119 Å². The van der Waals surface area contributed by atoms with Crippen LogP contribution >= 0.6 is 11.6 Å². The minimum atomic E-state index is -0.148. The third-order valence-electron chi connectivity index (χ3n) is 3.13. The zero-order chi connectivity index (χ0) is 14.6. The molecule has 0 saturated carbocycles. The molecule has 6 heteroatoms. The first-order valence-corrected chi connectivity index (χ1v) is 6.94. The first-order valence-electron chi connectivity index (χ1n) is 6.56. The number of amides is 1. The van der Waals surface area contributed by atoms with E-state index in [-0.39, 0.29) is 11.8 Å². The molecule has 1 aromatic rings. The fourth-order valence-electron chi connectivity index (χ4n) is 1.77. The summed E-state index contributed by atoms with van der Waals surface area (Å²) in [6.07, 6.45) is 0.872. The van der Waals surface area contributed by atoms with Crippen LogP contribution in [-0.4, -0.2) is 35.3 Å². The lowest BCUT2D eigenvalue weighted by atomic mass is 10.1. The number of aromatic nitrogens is 2. The van der Waals surface area contributed by atoms with E-state index < -0.39 is 0 Å². The number of aryl methyl sites for hydroxylation is 1. The van der Waals surface area contributed by atoms with Crippen LogP contribution in [0, 0.1) is 0 Å². The molecule has 1 amide bonds. The van der Waals surface area contributed by atoms with Crippen LogP contribution in [-0.2, 0) is 7.05 Å². The van der Waals surface area contributed by atoms with E-state index in [2.05, 4.69) is 22.7 Å². The van der Waals surface area contributed by atoms with Gasteiger partial charge in [-0.2, -0.15) is 5.10 Å². The Hall–Kier alpha value is -1.07. The fourth-order valence-corrected chi connectivity index (χ4v) is 1.99. The first-order chi connectivity index (χ1) is 8.88. The van der Waals surface area contributed by atoms with Gasteiger partial charge in [-0.3, -0.25) is 9.48 Å². The van der Waals surface area contributed by atoms with Crippen molar-refractivity contribution in [2.45, 2.75) is 39.2 Å². The van der Waals surface area contributed by atoms with Gasteiger partial charge in [-0.1, -0.05) is 25.4 Å². The summed E-state index contributed by atoms with van der Waals surface area (Å²) in [5, 5.41) is 10.7. The summed E-state index contributed by atoms with van der Waals surface area (Å²) in [5.41, 5.74) is 1.24. The van der Waals surface area contributed by atoms with E-state index in [1.54, 1.807) is 11.7 Å². The lowest BCUT2D eigenvalue weighted by molar-refractivity contribution is 0.0951. The molecule has 2 N–H and O–H groups in total. The number of halogens is 1. The van der Waals surface area contributed by atoms with Gasteiger partial charge in [-0.25, -0.2) is 0 Å². The quantitative estimate of drug-likeness (QED) is 0.840. The maximum atomic E-state index is 12.2. The van der Waals surface area contributed by atoms with E-state index >= 15 is 0 Å². The van der Waals surface area contributed by atoms with E-state index in [0.29, 0.717) is 23.3 Å². The molecule has 0 aliphatic rings. The number of carbonyl (C=O) groups is 1. The van der Waals surface area contributed by atoms with Crippen LogP contribution in [0.15, 0.2) is 0 Å². The Morgan fingerprint density at radius 1 is 1.42 bits per heavy atom. The second kappa shape index (κ2) is 6.91. The SMILES string of the molecule is CN[C@@H](C)CCNC(=O)c1c(C(C)C)nn(C)c1Cl. The van der Waals surface area contributed by atoms with Crippen molar-refractivity contribution in [1.82, 2.24) is 20.4 Å². The molecule has 0 aromatic carbocycles. The van der Waals surface area contributed by atoms with Crippen molar-refractivity contribution in [3.8, 4) is 0 Å². The van der Waals surface area contributed by atoms with Crippen molar-refractivity contribution < 1.29 is 4.79 Å². The molecule has 0 radical (unpaired) electrons. The van der Waals surface area contributed by atoms with Crippen LogP contribution in [0.2, 0.25) is 5.15 Å². The fraction of sp³-hybridized carbons (Fsp3) is 0.692. The predicted molar refractivity (Wildman–Crippen MR) is 77.8 cm³/mol. The van der Waals surface area contributed by atoms with Gasteiger partial charge in [0.15, 0.2) is 0 Å². The molecule has 0 aliphatic heterocycles. The van der Waals surface area contributed by atoms with Gasteiger partial charge in [0, 0.05) is 19.6 Å². The van der Waals surface area contributed by atoms with Crippen molar-refractivity contribution in [1.29, 1.82) is 0 Å². The monoisotopic (exact) mass is 286 g/mol. The van der Waals surface area contributed by atoms with Crippen molar-refractivity contribution >= 4 is 17.5 Å². The van der Waals surface area contributed by atoms with Gasteiger partial charge in [0.25, 0.3) is 5.91 Å². The number of hydrogen-bond donors (Lipinski definition) is 2. The molecule has 0 unspecified atom stereocenters. The lowest BCUT2D eigenvalue weighted by Crippen LogP contribution is -2.31. The molecule has 1 heterocycles. The summed E-state index contributed by atoms with van der Waals surface area (Å²) in [6, 6.07) is 0.370. The minimum Gasteiger partial charge on any atom is -0.352 e. The van der Waals surface area contributed by atoms with Crippen LogP contribution in [0.1, 0.15) is 49.2 Å². The average Bonchev–Trinajstić information content (AvgIpc) is 2.65. The molecule has 0 spiro atoms. The van der Waals surface area contributed by atoms with Crippen LogP contribution < -0.4 is 10.6 Å². The highest BCUT2D eigenvalue weighted by Crippen LogP contribution is 2.24. The summed E-state index contributed by atoms with van der Waals surface area (Å²) in [6.45, 7) is 6.68. The number of rotatable bonds is 6. The zero-order valence-corrected chi connectivity index (χ0v) is 13.0. The molecule has 108 valence electrons. The van der Waals surface area contributed by atoms with Gasteiger partial charge in [0.05, 0.1) is 11.3 Å². The molecule has 19 heavy (non-hydrogen) atoms. The van der Waals surface area contributed by atoms with Crippen molar-refractivity contribution in [2.75, 3.05) is 13.6 Å². The van der Waals surface area contributed by atoms with E-state index in [1.807, 2.05) is 20.9 Å². The predicted octanol–water partition coefficient (Wildman–Crippen LogP) is 1.92. The topological polar surface area (TPSA) is 58.9 Å². The number of carbonyl (C=O) groups excluding carboxylic acids is 1. The largest absolute Gasteiger partial charge is 0.352 e. The van der Waals surface area contributed by atoms with E-state index in [0.717, 1.165) is 12.1 Å². The summed E-state index contributed by atoms with van der Waals surface area (Å²) < 4.78 is 1.54. The standard InChI is InChI=1S/C13H23ClN4O/c1-8(2)11-10(12(14)18(5)17-11)13(19)16-7-6-9(3)15-4/h8-9,15H,6-7H2,1-5H3,(H,16,19)/t9-/m0/s1. The van der Waals surface area contributed by atoms with Crippen LogP contribution in [0.5, 0.6) is 0 Å². The Balaban J connectivity index is 2.76. The molecular weight excluding hydrogens is 264 g/mol. The van der Waals surface area contributed by atoms with Crippen molar-refractivity contribution in [2.24, 2.45) is 7.05 Å². The van der Waals surface area contributed by atoms with E-state index in [4.69, 9.17) is 11.6 Å². The number of hydrogen-bond acceptors (Lipinski definition) is 3. The molecule has 1 atom stereocenters. The first kappa shape index (κ1) is 16.0. The molecule has 0 fully saturated rings. The maximum Gasteiger partial charge on any atom is 0.256 e. The highest BCUT2D eigenvalue weighted by Gasteiger charge is 2.23. The van der Waals surface area contributed by atoms with Crippen LogP contribution in [0.4, 0.5) is 0 Å². The molecule has 0 saturated heterocycles. The van der Waals surface area contributed by atoms with Crippen molar-refractivity contribution in [3.05, 3.63) is 16.4 Å². The summed E-state index contributed by atoms with van der Waals surface area (Å²) in [7, 11) is 3.65. The normalized spacial score (nSPS) is 12.8. The van der Waals surface area contributed by atoms with E-state index in [1.165, 1.54) is 0 Å². The van der Waals surface area contributed by atoms with Gasteiger partial charge < -0.3 is 10.6 Å². The Morgan fingerprint density at radius 3 is 2.58 bits per heavy atom. The molecule has 0 bridgehead atoms. The molecule has 0 aliphatic carbocycles. The molecule has 5 nitrogen and oxygen atoms in total. The summed E-state index contributed by atoms with van der Waals surface area (Å²) >= 11 is 6.15. The number of nitrogens with zero attached hydrogens (tertiary/aromatic N) is 2. The van der Waals surface area contributed by atoms with Crippen molar-refractivity contribution in [3.63, 3.8) is 0 Å². The molecular formula is C13H23ClN4O. The third kappa shape index (κ3) is 3.94. The van der Waals surface area contributed by atoms with E-state index in [9.17, 15) is 4.79 Å². The Morgan fingerprint density at radius 2 is 2.05 bits per heavy atom. The van der Waals surface area contributed by atoms with Crippen LogP contribution in [0.25, 0.3) is 0 Å². The Bertz CT molecular complexity index is 442. The third-order valence-corrected chi connectivity index (χ3v) is 3.57. The zero-order valence-electron chi connectivity index (χ0n) is 12.2. The Kier molecular flexibility index (Phi) is 5.82.